The molecule has 2 aliphatic rings. The number of likely N-dealkylation sites (tertiary alicyclic amines) is 1. The van der Waals surface area contributed by atoms with Gasteiger partial charge in [-0.25, -0.2) is 0 Å². The van der Waals surface area contributed by atoms with Crippen LogP contribution in [-0.4, -0.2) is 63.4 Å². The Morgan fingerprint density at radius 3 is 2.57 bits per heavy atom. The molecule has 1 amide bonds. The van der Waals surface area contributed by atoms with E-state index in [1.54, 1.807) is 7.11 Å². The Bertz CT molecular complexity index is 560. The highest BCUT2D eigenvalue weighted by Gasteiger charge is 2.21. The molecule has 0 radical (unpaired) electrons. The molecule has 0 aliphatic carbocycles. The van der Waals surface area contributed by atoms with Gasteiger partial charge in [-0.15, -0.1) is 24.8 Å². The number of carbonyl (C=O) groups is 1. The molecule has 0 spiro atoms. The minimum atomic E-state index is 0. The zero-order valence-corrected chi connectivity index (χ0v) is 18.2. The summed E-state index contributed by atoms with van der Waals surface area (Å²) in [6.07, 6.45) is 2.79. The highest BCUT2D eigenvalue weighted by molar-refractivity contribution is 5.85. The molecule has 8 heteroatoms. The number of methoxy groups -OCH3 is 1. The van der Waals surface area contributed by atoms with Crippen molar-refractivity contribution < 1.29 is 14.3 Å². The molecule has 160 valence electrons. The van der Waals surface area contributed by atoms with Crippen molar-refractivity contribution in [2.24, 2.45) is 5.92 Å². The van der Waals surface area contributed by atoms with E-state index in [9.17, 15) is 4.79 Å². The van der Waals surface area contributed by atoms with Gasteiger partial charge in [0.05, 0.1) is 20.3 Å². The SMILES string of the molecule is COc1ccc(CN2CCC(CNC(=O)CC3COCCN3)CC2)cc1.Cl.Cl. The largest absolute Gasteiger partial charge is 0.497 e. The van der Waals surface area contributed by atoms with Crippen LogP contribution in [0.5, 0.6) is 5.75 Å². The maximum absolute atomic E-state index is 12.1. The summed E-state index contributed by atoms with van der Waals surface area (Å²) in [6.45, 7) is 6.17. The summed E-state index contributed by atoms with van der Waals surface area (Å²) in [7, 11) is 1.69. The summed E-state index contributed by atoms with van der Waals surface area (Å²) in [5, 5.41) is 6.43. The molecule has 1 atom stereocenters. The Kier molecular flexibility index (Phi) is 11.8. The Labute approximate surface area is 180 Å². The Hall–Kier alpha value is -1.05. The number of benzene rings is 1. The lowest BCUT2D eigenvalue weighted by atomic mass is 9.96. The highest BCUT2D eigenvalue weighted by atomic mass is 35.5. The molecule has 0 saturated carbocycles. The molecule has 1 aromatic carbocycles. The molecule has 1 aromatic rings. The van der Waals surface area contributed by atoms with E-state index in [4.69, 9.17) is 9.47 Å². The van der Waals surface area contributed by atoms with Crippen LogP contribution in [0.3, 0.4) is 0 Å². The Balaban J connectivity index is 0.00000196. The molecule has 1 unspecified atom stereocenters. The maximum atomic E-state index is 12.1. The fraction of sp³-hybridized carbons (Fsp3) is 0.650. The molecule has 3 rings (SSSR count). The second kappa shape index (κ2) is 13.2. The van der Waals surface area contributed by atoms with Gasteiger partial charge < -0.3 is 20.1 Å². The van der Waals surface area contributed by atoms with Gasteiger partial charge in [0, 0.05) is 32.1 Å². The van der Waals surface area contributed by atoms with Crippen LogP contribution in [0.1, 0.15) is 24.8 Å². The summed E-state index contributed by atoms with van der Waals surface area (Å²) in [5.41, 5.74) is 1.32. The van der Waals surface area contributed by atoms with E-state index in [1.165, 1.54) is 5.56 Å². The van der Waals surface area contributed by atoms with Crippen molar-refractivity contribution in [1.82, 2.24) is 15.5 Å². The molecule has 2 N–H and O–H groups in total. The van der Waals surface area contributed by atoms with Gasteiger partial charge in [-0.05, 0) is 49.5 Å². The molecular weight excluding hydrogens is 401 g/mol. The number of piperidine rings is 1. The van der Waals surface area contributed by atoms with E-state index in [0.717, 1.165) is 57.9 Å². The van der Waals surface area contributed by atoms with Crippen LogP contribution in [0.15, 0.2) is 24.3 Å². The van der Waals surface area contributed by atoms with Gasteiger partial charge >= 0.3 is 0 Å². The maximum Gasteiger partial charge on any atom is 0.221 e. The molecule has 2 heterocycles. The number of rotatable bonds is 7. The van der Waals surface area contributed by atoms with Crippen LogP contribution >= 0.6 is 24.8 Å². The molecule has 28 heavy (non-hydrogen) atoms. The van der Waals surface area contributed by atoms with Crippen LogP contribution in [0, 0.1) is 5.92 Å². The van der Waals surface area contributed by atoms with Gasteiger partial charge in [-0.2, -0.15) is 0 Å². The number of amides is 1. The first-order valence-corrected chi connectivity index (χ1v) is 9.66. The van der Waals surface area contributed by atoms with Crippen molar-refractivity contribution in [3.63, 3.8) is 0 Å². The van der Waals surface area contributed by atoms with Crippen LogP contribution in [-0.2, 0) is 16.1 Å². The quantitative estimate of drug-likeness (QED) is 0.690. The minimum absolute atomic E-state index is 0. The zero-order chi connectivity index (χ0) is 18.2. The van der Waals surface area contributed by atoms with Gasteiger partial charge in [0.25, 0.3) is 0 Å². The van der Waals surface area contributed by atoms with Gasteiger partial charge in [-0.1, -0.05) is 12.1 Å². The first-order valence-electron chi connectivity index (χ1n) is 9.66. The normalized spacial score (nSPS) is 20.5. The van der Waals surface area contributed by atoms with Crippen LogP contribution in [0.25, 0.3) is 0 Å². The van der Waals surface area contributed by atoms with E-state index in [2.05, 4.69) is 27.7 Å². The fourth-order valence-electron chi connectivity index (χ4n) is 3.64. The smallest absolute Gasteiger partial charge is 0.221 e. The van der Waals surface area contributed by atoms with Crippen LogP contribution in [0.4, 0.5) is 0 Å². The van der Waals surface area contributed by atoms with Crippen molar-refractivity contribution in [2.75, 3.05) is 46.5 Å². The third kappa shape index (κ3) is 8.13. The predicted molar refractivity (Wildman–Crippen MR) is 116 cm³/mol. The number of morpholine rings is 1. The number of ether oxygens (including phenoxy) is 2. The van der Waals surface area contributed by atoms with Crippen molar-refractivity contribution in [3.05, 3.63) is 29.8 Å². The first kappa shape index (κ1) is 25.0. The third-order valence-corrected chi connectivity index (χ3v) is 5.29. The van der Waals surface area contributed by atoms with Crippen molar-refractivity contribution in [2.45, 2.75) is 31.8 Å². The molecule has 2 fully saturated rings. The second-order valence-corrected chi connectivity index (χ2v) is 7.30. The van der Waals surface area contributed by atoms with E-state index in [-0.39, 0.29) is 36.8 Å². The second-order valence-electron chi connectivity index (χ2n) is 7.30. The van der Waals surface area contributed by atoms with E-state index in [0.29, 0.717) is 18.9 Å². The lowest BCUT2D eigenvalue weighted by Gasteiger charge is -2.32. The third-order valence-electron chi connectivity index (χ3n) is 5.29. The monoisotopic (exact) mass is 433 g/mol. The molecule has 2 saturated heterocycles. The number of hydrogen-bond acceptors (Lipinski definition) is 5. The number of carbonyl (C=O) groups excluding carboxylic acids is 1. The number of hydrogen-bond donors (Lipinski definition) is 2. The molecule has 0 aromatic heterocycles. The van der Waals surface area contributed by atoms with Crippen molar-refractivity contribution in [1.29, 1.82) is 0 Å². The van der Waals surface area contributed by atoms with Gasteiger partial charge in [-0.3, -0.25) is 9.69 Å². The van der Waals surface area contributed by atoms with Gasteiger partial charge in [0.15, 0.2) is 0 Å². The Morgan fingerprint density at radius 2 is 1.96 bits per heavy atom. The summed E-state index contributed by atoms with van der Waals surface area (Å²) in [5.74, 6) is 1.62. The standard InChI is InChI=1S/C20H31N3O3.2ClH/c1-25-19-4-2-17(3-5-19)14-23-9-6-16(7-10-23)13-22-20(24)12-18-15-26-11-8-21-18;;/h2-5,16,18,21H,6-15H2,1H3,(H,22,24);2*1H. The lowest BCUT2D eigenvalue weighted by Crippen LogP contribution is -2.45. The van der Waals surface area contributed by atoms with Crippen LogP contribution < -0.4 is 15.4 Å². The number of nitrogens with zero attached hydrogens (tertiary/aromatic N) is 1. The average Bonchev–Trinajstić information content (AvgIpc) is 2.69. The van der Waals surface area contributed by atoms with Crippen molar-refractivity contribution in [3.8, 4) is 5.75 Å². The van der Waals surface area contributed by atoms with E-state index in [1.807, 2.05) is 12.1 Å². The number of halogens is 2. The molecule has 6 nitrogen and oxygen atoms in total. The summed E-state index contributed by atoms with van der Waals surface area (Å²) in [6, 6.07) is 8.46. The summed E-state index contributed by atoms with van der Waals surface area (Å²) < 4.78 is 10.6. The summed E-state index contributed by atoms with van der Waals surface area (Å²) >= 11 is 0. The van der Waals surface area contributed by atoms with Gasteiger partial charge in [0.2, 0.25) is 5.91 Å². The topological polar surface area (TPSA) is 62.8 Å². The molecule has 2 aliphatic heterocycles. The van der Waals surface area contributed by atoms with Crippen LogP contribution in [0.2, 0.25) is 0 Å². The minimum Gasteiger partial charge on any atom is -0.497 e. The molecule has 0 bridgehead atoms. The summed E-state index contributed by atoms with van der Waals surface area (Å²) in [4.78, 5) is 14.6. The van der Waals surface area contributed by atoms with Crippen molar-refractivity contribution >= 4 is 30.7 Å². The fourth-order valence-corrected chi connectivity index (χ4v) is 3.64. The zero-order valence-electron chi connectivity index (χ0n) is 16.5. The molecular formula is C20H33Cl2N3O3. The predicted octanol–water partition coefficient (Wildman–Crippen LogP) is 2.25. The van der Waals surface area contributed by atoms with Gasteiger partial charge in [0.1, 0.15) is 5.75 Å². The van der Waals surface area contributed by atoms with E-state index >= 15 is 0 Å². The number of nitrogens with one attached hydrogen (secondary N) is 2. The highest BCUT2D eigenvalue weighted by Crippen LogP contribution is 2.19. The first-order chi connectivity index (χ1) is 12.7. The lowest BCUT2D eigenvalue weighted by molar-refractivity contribution is -0.122. The average molecular weight is 434 g/mol. The Morgan fingerprint density at radius 1 is 1.25 bits per heavy atom. The van der Waals surface area contributed by atoms with E-state index < -0.39 is 0 Å².